The number of nitrogens with one attached hydrogen (secondary N) is 1. The molecule has 9 heteroatoms. The molecule has 2 N–H and O–H groups in total. The van der Waals surface area contributed by atoms with E-state index < -0.39 is 22.6 Å². The molecule has 0 aromatic heterocycles. The van der Waals surface area contributed by atoms with Crippen LogP contribution in [0.5, 0.6) is 11.5 Å². The van der Waals surface area contributed by atoms with E-state index in [2.05, 4.69) is 26.1 Å². The minimum atomic E-state index is -1.05. The van der Waals surface area contributed by atoms with E-state index in [-0.39, 0.29) is 23.7 Å². The van der Waals surface area contributed by atoms with Crippen molar-refractivity contribution >= 4 is 41.1 Å². The van der Waals surface area contributed by atoms with Gasteiger partial charge in [-0.15, -0.1) is 11.8 Å². The van der Waals surface area contributed by atoms with Crippen molar-refractivity contribution < 1.29 is 24.2 Å². The van der Waals surface area contributed by atoms with Crippen LogP contribution in [-0.4, -0.2) is 45.6 Å². The normalized spacial score (nSPS) is 17.4. The maximum Gasteiger partial charge on any atom is 0.326 e. The van der Waals surface area contributed by atoms with E-state index in [1.165, 1.54) is 22.2 Å². The lowest BCUT2D eigenvalue weighted by atomic mass is 9.87. The Hall–Kier alpha value is -3.49. The number of carboxylic acid groups (broad SMARTS) is 1. The van der Waals surface area contributed by atoms with Crippen LogP contribution in [-0.2, 0) is 26.2 Å². The van der Waals surface area contributed by atoms with Gasteiger partial charge in [-0.05, 0) is 65.3 Å². The number of hydrogen-bond acceptors (Lipinski definition) is 5. The molecule has 3 atom stereocenters. The number of benzene rings is 3. The zero-order chi connectivity index (χ0) is 31.9. The van der Waals surface area contributed by atoms with Gasteiger partial charge in [-0.2, -0.15) is 0 Å². The average molecular weight is 637 g/mol. The highest BCUT2D eigenvalue weighted by Crippen LogP contribution is 2.47. The molecular weight excluding hydrogens is 596 g/mol. The highest BCUT2D eigenvalue weighted by atomic mass is 35.5. The fourth-order valence-corrected chi connectivity index (χ4v) is 6.91. The molecule has 0 bridgehead atoms. The molecule has 2 amide bonds. The number of nitrogens with zero attached hydrogens (tertiary/aromatic N) is 1. The first-order valence-electron chi connectivity index (χ1n) is 15.1. The maximum atomic E-state index is 13.8. The van der Waals surface area contributed by atoms with Crippen LogP contribution in [0.4, 0.5) is 0 Å². The van der Waals surface area contributed by atoms with Crippen molar-refractivity contribution in [2.45, 2.75) is 81.9 Å². The van der Waals surface area contributed by atoms with Crippen LogP contribution in [0, 0.1) is 0 Å². The van der Waals surface area contributed by atoms with Gasteiger partial charge in [0.15, 0.2) is 0 Å². The topological polar surface area (TPSA) is 95.9 Å². The van der Waals surface area contributed by atoms with Gasteiger partial charge in [0.25, 0.3) is 0 Å². The Balaban J connectivity index is 1.52. The van der Waals surface area contributed by atoms with Crippen molar-refractivity contribution in [2.24, 2.45) is 0 Å². The largest absolute Gasteiger partial charge is 0.480 e. The predicted octanol–water partition coefficient (Wildman–Crippen LogP) is 7.76. The summed E-state index contributed by atoms with van der Waals surface area (Å²) in [4.78, 5) is 40.6. The van der Waals surface area contributed by atoms with Gasteiger partial charge in [-0.25, -0.2) is 4.79 Å². The molecule has 0 saturated carbocycles. The summed E-state index contributed by atoms with van der Waals surface area (Å²) in [7, 11) is 0. The van der Waals surface area contributed by atoms with Gasteiger partial charge in [0, 0.05) is 18.0 Å². The summed E-state index contributed by atoms with van der Waals surface area (Å²) in [6.07, 6.45) is 2.32. The van der Waals surface area contributed by atoms with Crippen LogP contribution < -0.4 is 10.1 Å². The second-order valence-corrected chi connectivity index (χ2v) is 13.8. The Bertz CT molecular complexity index is 1460. The molecule has 1 heterocycles. The number of carbonyl (C=O) groups is 3. The second kappa shape index (κ2) is 15.0. The zero-order valence-electron chi connectivity index (χ0n) is 25.7. The summed E-state index contributed by atoms with van der Waals surface area (Å²) in [6.45, 7) is 8.83. The lowest BCUT2D eigenvalue weighted by molar-refractivity contribution is -0.150. The number of halogens is 1. The van der Waals surface area contributed by atoms with E-state index in [1.807, 2.05) is 73.7 Å². The third kappa shape index (κ3) is 8.57. The second-order valence-electron chi connectivity index (χ2n) is 12.1. The predicted molar refractivity (Wildman–Crippen MR) is 176 cm³/mol. The number of unbranched alkanes of at least 4 members (excludes halogenated alkanes) is 1. The van der Waals surface area contributed by atoms with Gasteiger partial charge in [-0.3, -0.25) is 9.59 Å². The van der Waals surface area contributed by atoms with Gasteiger partial charge in [-0.1, -0.05) is 94.6 Å². The minimum absolute atomic E-state index is 0.0235. The van der Waals surface area contributed by atoms with E-state index in [0.717, 1.165) is 17.5 Å². The molecule has 44 heavy (non-hydrogen) atoms. The van der Waals surface area contributed by atoms with Crippen LogP contribution in [0.15, 0.2) is 72.8 Å². The summed E-state index contributed by atoms with van der Waals surface area (Å²) >= 11 is 7.55. The fourth-order valence-electron chi connectivity index (χ4n) is 5.20. The molecule has 234 valence electrons. The molecule has 1 fully saturated rings. The van der Waals surface area contributed by atoms with Crippen LogP contribution in [0.2, 0.25) is 5.02 Å². The molecule has 0 aliphatic carbocycles. The SMILES string of the molecule is CCCC[C@@H](C(=O)O)N1C(=O)C(CC(=O)NCCc2ccccc2Cl)SC1c1cccc(Oc2ccc(C(C)(C)C)cc2)c1. The quantitative estimate of drug-likeness (QED) is 0.199. The van der Waals surface area contributed by atoms with Crippen molar-refractivity contribution in [1.82, 2.24) is 10.2 Å². The lowest BCUT2D eigenvalue weighted by Crippen LogP contribution is -2.45. The summed E-state index contributed by atoms with van der Waals surface area (Å²) in [5.41, 5.74) is 2.90. The Morgan fingerprint density at radius 3 is 2.43 bits per heavy atom. The van der Waals surface area contributed by atoms with Gasteiger partial charge in [0.2, 0.25) is 11.8 Å². The molecule has 3 aromatic carbocycles. The van der Waals surface area contributed by atoms with Crippen LogP contribution in [0.25, 0.3) is 0 Å². The molecule has 3 aromatic rings. The highest BCUT2D eigenvalue weighted by molar-refractivity contribution is 8.01. The van der Waals surface area contributed by atoms with Crippen molar-refractivity contribution in [3.63, 3.8) is 0 Å². The van der Waals surface area contributed by atoms with E-state index in [0.29, 0.717) is 42.3 Å². The van der Waals surface area contributed by atoms with Crippen molar-refractivity contribution in [3.05, 3.63) is 94.5 Å². The standard InChI is InChI=1S/C35H41ClN2O5S/c1-5-6-14-29(34(41)42)38-32(40)30(22-31(39)37-20-19-23-10-7-8-13-28(23)36)44-33(38)24-11-9-12-27(21-24)43-26-17-15-25(16-18-26)35(2,3)4/h7-13,15-18,21,29-30,33H,5-6,14,19-20,22H2,1-4H3,(H,37,39)(H,41,42)/t29-,30?,33?/m0/s1. The van der Waals surface area contributed by atoms with Crippen LogP contribution in [0.3, 0.4) is 0 Å². The number of carbonyl (C=O) groups excluding carboxylic acids is 2. The summed E-state index contributed by atoms with van der Waals surface area (Å²) in [5, 5.41) is 12.4. The first kappa shape index (κ1) is 33.4. The summed E-state index contributed by atoms with van der Waals surface area (Å²) < 4.78 is 6.16. The highest BCUT2D eigenvalue weighted by Gasteiger charge is 2.47. The number of amides is 2. The van der Waals surface area contributed by atoms with Gasteiger partial charge < -0.3 is 20.1 Å². The van der Waals surface area contributed by atoms with E-state index in [1.54, 1.807) is 6.07 Å². The smallest absolute Gasteiger partial charge is 0.326 e. The number of hydrogen-bond donors (Lipinski definition) is 2. The summed E-state index contributed by atoms with van der Waals surface area (Å²) in [6, 6.07) is 21.8. The molecule has 2 unspecified atom stereocenters. The third-order valence-corrected chi connectivity index (χ3v) is 9.49. The van der Waals surface area contributed by atoms with Gasteiger partial charge >= 0.3 is 5.97 Å². The third-order valence-electron chi connectivity index (χ3n) is 7.67. The Kier molecular flexibility index (Phi) is 11.4. The van der Waals surface area contributed by atoms with Crippen LogP contribution in [0.1, 0.15) is 75.4 Å². The molecule has 0 spiro atoms. The lowest BCUT2D eigenvalue weighted by Gasteiger charge is -2.30. The van der Waals surface area contributed by atoms with Gasteiger partial charge in [0.05, 0.1) is 5.25 Å². The molecule has 4 rings (SSSR count). The molecule has 0 radical (unpaired) electrons. The monoisotopic (exact) mass is 636 g/mol. The van der Waals surface area contributed by atoms with Crippen molar-refractivity contribution in [1.29, 1.82) is 0 Å². The fraction of sp³-hybridized carbons (Fsp3) is 0.400. The Morgan fingerprint density at radius 1 is 1.05 bits per heavy atom. The van der Waals surface area contributed by atoms with E-state index in [4.69, 9.17) is 16.3 Å². The number of thioether (sulfide) groups is 1. The first-order valence-corrected chi connectivity index (χ1v) is 16.4. The number of rotatable bonds is 13. The Labute approximate surface area is 269 Å². The number of carboxylic acids is 1. The zero-order valence-corrected chi connectivity index (χ0v) is 27.3. The maximum absolute atomic E-state index is 13.8. The van der Waals surface area contributed by atoms with Crippen molar-refractivity contribution in [2.75, 3.05) is 6.54 Å². The van der Waals surface area contributed by atoms with E-state index in [9.17, 15) is 19.5 Å². The number of ether oxygens (including phenoxy) is 1. The van der Waals surface area contributed by atoms with E-state index >= 15 is 0 Å². The summed E-state index contributed by atoms with van der Waals surface area (Å²) in [5.74, 6) is -0.387. The minimum Gasteiger partial charge on any atom is -0.480 e. The first-order chi connectivity index (χ1) is 21.0. The molecular formula is C35H41ClN2O5S. The molecule has 7 nitrogen and oxygen atoms in total. The Morgan fingerprint density at radius 2 is 1.77 bits per heavy atom. The van der Waals surface area contributed by atoms with Crippen LogP contribution >= 0.6 is 23.4 Å². The number of aliphatic carboxylic acids is 1. The molecule has 1 saturated heterocycles. The molecule has 1 aliphatic heterocycles. The van der Waals surface area contributed by atoms with Gasteiger partial charge in [0.1, 0.15) is 22.9 Å². The van der Waals surface area contributed by atoms with Crippen molar-refractivity contribution in [3.8, 4) is 11.5 Å². The average Bonchev–Trinajstić information content (AvgIpc) is 3.29. The molecule has 1 aliphatic rings.